The van der Waals surface area contributed by atoms with Crippen LogP contribution < -0.4 is 0 Å². The van der Waals surface area contributed by atoms with Gasteiger partial charge < -0.3 is 4.74 Å². The molecule has 4 atom stereocenters. The molecule has 4 unspecified atom stereocenters. The molecule has 15 heavy (non-hydrogen) atoms. The molecule has 1 saturated carbocycles. The zero-order valence-corrected chi connectivity index (χ0v) is 8.52. The summed E-state index contributed by atoms with van der Waals surface area (Å²) in [6, 6.07) is 0. The fourth-order valence-electron chi connectivity index (χ4n) is 3.13. The largest absolute Gasteiger partial charge is 0.366 e. The first-order valence-corrected chi connectivity index (χ1v) is 5.60. The van der Waals surface area contributed by atoms with Crippen LogP contribution in [0.5, 0.6) is 0 Å². The van der Waals surface area contributed by atoms with E-state index in [4.69, 9.17) is 4.74 Å². The summed E-state index contributed by atoms with van der Waals surface area (Å²) in [6.45, 7) is 0. The smallest absolute Gasteiger partial charge is 0.169 e. The molecule has 0 bridgehead atoms. The Kier molecular flexibility index (Phi) is 2.02. The van der Waals surface area contributed by atoms with Crippen LogP contribution in [-0.2, 0) is 14.3 Å². The summed E-state index contributed by atoms with van der Waals surface area (Å²) in [5.41, 5.74) is 0. The van der Waals surface area contributed by atoms with Crippen molar-refractivity contribution in [3.8, 4) is 0 Å². The van der Waals surface area contributed by atoms with Gasteiger partial charge in [-0.05, 0) is 18.8 Å². The van der Waals surface area contributed by atoms with Crippen LogP contribution in [0, 0.1) is 11.8 Å². The minimum atomic E-state index is -0.280. The normalized spacial score (nSPS) is 44.0. The lowest BCUT2D eigenvalue weighted by Gasteiger charge is -2.26. The average molecular weight is 206 g/mol. The summed E-state index contributed by atoms with van der Waals surface area (Å²) in [7, 11) is 0. The number of carbonyl (C=O) groups excluding carboxylic acids is 2. The first-order valence-electron chi connectivity index (χ1n) is 5.60. The molecule has 0 radical (unpaired) electrons. The van der Waals surface area contributed by atoms with Crippen molar-refractivity contribution >= 4 is 11.6 Å². The zero-order valence-electron chi connectivity index (χ0n) is 8.52. The number of carbonyl (C=O) groups is 2. The van der Waals surface area contributed by atoms with Gasteiger partial charge in [-0.1, -0.05) is 12.2 Å². The minimum absolute atomic E-state index is 0.00523. The molecule has 0 aromatic carbocycles. The topological polar surface area (TPSA) is 43.4 Å². The molecule has 0 amide bonds. The number of hydrogen-bond donors (Lipinski definition) is 0. The van der Waals surface area contributed by atoms with Crippen LogP contribution in [0.4, 0.5) is 0 Å². The Balaban J connectivity index is 1.88. The molecule has 0 spiro atoms. The molecule has 0 aromatic heterocycles. The highest BCUT2D eigenvalue weighted by molar-refractivity contribution is 6.04. The second kappa shape index (κ2) is 3.27. The summed E-state index contributed by atoms with van der Waals surface area (Å²) in [6.07, 6.45) is 6.67. The van der Waals surface area contributed by atoms with Crippen LogP contribution in [0.1, 0.15) is 25.7 Å². The van der Waals surface area contributed by atoms with Gasteiger partial charge >= 0.3 is 0 Å². The van der Waals surface area contributed by atoms with Gasteiger partial charge in [-0.25, -0.2) is 0 Å². The van der Waals surface area contributed by atoms with Gasteiger partial charge in [0, 0.05) is 12.3 Å². The quantitative estimate of drug-likeness (QED) is 0.443. The Morgan fingerprint density at radius 1 is 1.13 bits per heavy atom. The van der Waals surface area contributed by atoms with E-state index in [1.807, 2.05) is 0 Å². The van der Waals surface area contributed by atoms with Crippen molar-refractivity contribution in [2.45, 2.75) is 37.9 Å². The summed E-state index contributed by atoms with van der Waals surface area (Å²) in [5, 5.41) is 0. The van der Waals surface area contributed by atoms with E-state index in [0.29, 0.717) is 12.3 Å². The van der Waals surface area contributed by atoms with E-state index < -0.39 is 0 Å². The van der Waals surface area contributed by atoms with E-state index in [1.165, 1.54) is 0 Å². The molecule has 0 N–H and O–H groups in total. The third-order valence-corrected chi connectivity index (χ3v) is 3.83. The number of ketones is 2. The summed E-state index contributed by atoms with van der Waals surface area (Å²) in [4.78, 5) is 23.1. The maximum Gasteiger partial charge on any atom is 0.169 e. The van der Waals surface area contributed by atoms with E-state index in [-0.39, 0.29) is 36.1 Å². The molecule has 1 aliphatic heterocycles. The Labute approximate surface area is 88.5 Å². The molecule has 3 aliphatic rings. The van der Waals surface area contributed by atoms with Crippen LogP contribution >= 0.6 is 0 Å². The predicted molar refractivity (Wildman–Crippen MR) is 53.3 cm³/mol. The molecule has 0 aromatic rings. The summed E-state index contributed by atoms with van der Waals surface area (Å²) in [5.74, 6) is 0.660. The second-order valence-corrected chi connectivity index (χ2v) is 4.75. The van der Waals surface area contributed by atoms with E-state index in [1.54, 1.807) is 0 Å². The van der Waals surface area contributed by atoms with Crippen LogP contribution in [0.3, 0.4) is 0 Å². The minimum Gasteiger partial charge on any atom is -0.366 e. The van der Waals surface area contributed by atoms with Crippen molar-refractivity contribution in [3.05, 3.63) is 12.2 Å². The molecule has 3 heteroatoms. The standard InChI is InChI=1S/C12H14O3/c13-7-5-9-8-3-1-2-4-11(8)15-12(9)10(14)6-7/h1-2,8-9,11-12H,3-6H2. The van der Waals surface area contributed by atoms with E-state index in [2.05, 4.69) is 12.2 Å². The Morgan fingerprint density at radius 2 is 1.93 bits per heavy atom. The molecular weight excluding hydrogens is 192 g/mol. The van der Waals surface area contributed by atoms with Crippen LogP contribution in [0.15, 0.2) is 12.2 Å². The molecule has 2 aliphatic carbocycles. The maximum absolute atomic E-state index is 11.7. The zero-order chi connectivity index (χ0) is 10.4. The third kappa shape index (κ3) is 1.37. The van der Waals surface area contributed by atoms with E-state index >= 15 is 0 Å². The Hall–Kier alpha value is -0.960. The molecule has 3 nitrogen and oxygen atoms in total. The fourth-order valence-corrected chi connectivity index (χ4v) is 3.13. The monoisotopic (exact) mass is 206 g/mol. The molecule has 1 heterocycles. The second-order valence-electron chi connectivity index (χ2n) is 4.75. The molecule has 2 fully saturated rings. The lowest BCUT2D eigenvalue weighted by atomic mass is 9.74. The van der Waals surface area contributed by atoms with Gasteiger partial charge in [0.25, 0.3) is 0 Å². The number of fused-ring (bicyclic) bond motifs is 3. The van der Waals surface area contributed by atoms with Crippen molar-refractivity contribution in [2.75, 3.05) is 0 Å². The first-order chi connectivity index (χ1) is 7.25. The predicted octanol–water partition coefficient (Wildman–Crippen LogP) is 1.27. The number of Topliss-reactive ketones (excluding diaryl/α,β-unsaturated/α-hetero) is 2. The van der Waals surface area contributed by atoms with Gasteiger partial charge in [0.1, 0.15) is 11.9 Å². The highest BCUT2D eigenvalue weighted by Crippen LogP contribution is 2.43. The van der Waals surface area contributed by atoms with E-state index in [9.17, 15) is 9.59 Å². The number of hydrogen-bond acceptors (Lipinski definition) is 3. The summed E-state index contributed by atoms with van der Waals surface area (Å²) >= 11 is 0. The van der Waals surface area contributed by atoms with E-state index in [0.717, 1.165) is 12.8 Å². The van der Waals surface area contributed by atoms with Gasteiger partial charge in [0.2, 0.25) is 0 Å². The Morgan fingerprint density at radius 3 is 2.80 bits per heavy atom. The van der Waals surface area contributed by atoms with Crippen molar-refractivity contribution in [1.82, 2.24) is 0 Å². The lowest BCUT2D eigenvalue weighted by Crippen LogP contribution is -2.37. The van der Waals surface area contributed by atoms with Gasteiger partial charge in [0.05, 0.1) is 12.5 Å². The molecule has 3 rings (SSSR count). The van der Waals surface area contributed by atoms with Gasteiger partial charge in [-0.15, -0.1) is 0 Å². The van der Waals surface area contributed by atoms with Gasteiger partial charge in [-0.3, -0.25) is 9.59 Å². The van der Waals surface area contributed by atoms with Gasteiger partial charge in [0.15, 0.2) is 5.78 Å². The number of ether oxygens (including phenoxy) is 1. The van der Waals surface area contributed by atoms with Crippen molar-refractivity contribution in [1.29, 1.82) is 0 Å². The molecule has 1 saturated heterocycles. The maximum atomic E-state index is 11.7. The molecule has 80 valence electrons. The number of allylic oxidation sites excluding steroid dienone is 1. The van der Waals surface area contributed by atoms with Crippen LogP contribution in [0.2, 0.25) is 0 Å². The lowest BCUT2D eigenvalue weighted by molar-refractivity contribution is -0.140. The summed E-state index contributed by atoms with van der Waals surface area (Å²) < 4.78 is 5.78. The first kappa shape index (κ1) is 9.28. The number of rotatable bonds is 0. The highest BCUT2D eigenvalue weighted by Gasteiger charge is 2.50. The SMILES string of the molecule is O=C1CC(=O)C2OC3CC=CCC3C2C1. The highest BCUT2D eigenvalue weighted by atomic mass is 16.5. The average Bonchev–Trinajstić information content (AvgIpc) is 2.57. The van der Waals surface area contributed by atoms with Crippen molar-refractivity contribution in [2.24, 2.45) is 11.8 Å². The van der Waals surface area contributed by atoms with Crippen molar-refractivity contribution in [3.63, 3.8) is 0 Å². The van der Waals surface area contributed by atoms with Crippen LogP contribution in [0.25, 0.3) is 0 Å². The van der Waals surface area contributed by atoms with Crippen molar-refractivity contribution < 1.29 is 14.3 Å². The third-order valence-electron chi connectivity index (χ3n) is 3.83. The van der Waals surface area contributed by atoms with Gasteiger partial charge in [-0.2, -0.15) is 0 Å². The molecular formula is C12H14O3. The van der Waals surface area contributed by atoms with Crippen LogP contribution in [-0.4, -0.2) is 23.8 Å². The Bertz CT molecular complexity index is 345. The fraction of sp³-hybridized carbons (Fsp3) is 0.667.